The first kappa shape index (κ1) is 14.3. The average molecular weight is 256 g/mol. The van der Waals surface area contributed by atoms with Crippen molar-refractivity contribution in [1.82, 2.24) is 5.01 Å². The number of benzene rings is 1. The number of halogens is 3. The zero-order valence-corrected chi connectivity index (χ0v) is 10.1. The van der Waals surface area contributed by atoms with Crippen LogP contribution in [0.5, 0.6) is 0 Å². The summed E-state index contributed by atoms with van der Waals surface area (Å²) in [5.41, 5.74) is 0.101. The minimum absolute atomic E-state index is 0.401. The fourth-order valence-electron chi connectivity index (χ4n) is 1.33. The lowest BCUT2D eigenvalue weighted by Crippen LogP contribution is -2.10. The van der Waals surface area contributed by atoms with Gasteiger partial charge >= 0.3 is 6.18 Å². The van der Waals surface area contributed by atoms with E-state index < -0.39 is 11.7 Å². The van der Waals surface area contributed by atoms with Gasteiger partial charge in [0.05, 0.1) is 12.1 Å². The number of hydrogen-bond donors (Lipinski definition) is 0. The van der Waals surface area contributed by atoms with Crippen LogP contribution in [0.15, 0.2) is 42.1 Å². The highest BCUT2D eigenvalue weighted by molar-refractivity contribution is 5.56. The standard InChI is InChI=1S/C13H15F3N2/c1-3-9-17-18(4-2)10-11-5-7-12(8-6-11)13(14,15)16/h4-9H,2-3,10H2,1H3/b17-9-. The second-order valence-corrected chi connectivity index (χ2v) is 3.68. The highest BCUT2D eigenvalue weighted by Gasteiger charge is 2.29. The number of hydrazone groups is 1. The molecule has 0 fully saturated rings. The van der Waals surface area contributed by atoms with Gasteiger partial charge in [0.1, 0.15) is 0 Å². The normalized spacial score (nSPS) is 11.8. The zero-order valence-electron chi connectivity index (χ0n) is 10.1. The van der Waals surface area contributed by atoms with Gasteiger partial charge in [-0.2, -0.15) is 18.3 Å². The molecule has 0 saturated carbocycles. The quantitative estimate of drug-likeness (QED) is 0.573. The van der Waals surface area contributed by atoms with Crippen LogP contribution >= 0.6 is 0 Å². The lowest BCUT2D eigenvalue weighted by molar-refractivity contribution is -0.137. The van der Waals surface area contributed by atoms with Gasteiger partial charge in [-0.15, -0.1) is 0 Å². The molecule has 0 radical (unpaired) electrons. The van der Waals surface area contributed by atoms with Crippen LogP contribution in [-0.4, -0.2) is 11.2 Å². The van der Waals surface area contributed by atoms with Crippen LogP contribution < -0.4 is 0 Å². The smallest absolute Gasteiger partial charge is 0.269 e. The predicted molar refractivity (Wildman–Crippen MR) is 66.0 cm³/mol. The van der Waals surface area contributed by atoms with Crippen LogP contribution in [0.2, 0.25) is 0 Å². The molecule has 0 atom stereocenters. The summed E-state index contributed by atoms with van der Waals surface area (Å²) in [5, 5.41) is 5.67. The Morgan fingerprint density at radius 2 is 1.89 bits per heavy atom. The molecule has 1 aromatic carbocycles. The van der Waals surface area contributed by atoms with Crippen molar-refractivity contribution in [2.75, 3.05) is 0 Å². The topological polar surface area (TPSA) is 15.6 Å². The monoisotopic (exact) mass is 256 g/mol. The summed E-state index contributed by atoms with van der Waals surface area (Å²) in [6.07, 6.45) is -0.260. The van der Waals surface area contributed by atoms with Crippen LogP contribution in [-0.2, 0) is 12.7 Å². The second-order valence-electron chi connectivity index (χ2n) is 3.68. The second kappa shape index (κ2) is 6.23. The van der Waals surface area contributed by atoms with Crippen molar-refractivity contribution in [2.45, 2.75) is 26.1 Å². The molecule has 0 spiro atoms. The minimum atomic E-state index is -4.29. The first-order valence-electron chi connectivity index (χ1n) is 5.55. The lowest BCUT2D eigenvalue weighted by Gasteiger charge is -2.14. The summed E-state index contributed by atoms with van der Waals surface area (Å²) >= 11 is 0. The van der Waals surface area contributed by atoms with Crippen LogP contribution in [0.4, 0.5) is 13.2 Å². The van der Waals surface area contributed by atoms with Crippen molar-refractivity contribution in [3.05, 3.63) is 48.2 Å². The molecule has 5 heteroatoms. The SMILES string of the molecule is C=CN(Cc1ccc(C(F)(F)F)cc1)/N=C\CC. The van der Waals surface area contributed by atoms with Crippen LogP contribution in [0.3, 0.4) is 0 Å². The largest absolute Gasteiger partial charge is 0.416 e. The van der Waals surface area contributed by atoms with Crippen molar-refractivity contribution < 1.29 is 13.2 Å². The number of nitrogens with zero attached hydrogens (tertiary/aromatic N) is 2. The van der Waals surface area contributed by atoms with E-state index in [-0.39, 0.29) is 0 Å². The average Bonchev–Trinajstić information content (AvgIpc) is 2.34. The zero-order chi connectivity index (χ0) is 13.6. The summed E-state index contributed by atoms with van der Waals surface area (Å²) in [6, 6.07) is 5.03. The molecule has 0 aromatic heterocycles. The molecule has 1 aromatic rings. The molecule has 0 amide bonds. The molecule has 2 nitrogen and oxygen atoms in total. The van der Waals surface area contributed by atoms with E-state index in [9.17, 15) is 13.2 Å². The molecule has 98 valence electrons. The van der Waals surface area contributed by atoms with Crippen molar-refractivity contribution in [2.24, 2.45) is 5.10 Å². The van der Waals surface area contributed by atoms with E-state index in [0.29, 0.717) is 6.54 Å². The van der Waals surface area contributed by atoms with E-state index in [2.05, 4.69) is 11.7 Å². The predicted octanol–water partition coefficient (Wildman–Crippen LogP) is 4.05. The lowest BCUT2D eigenvalue weighted by atomic mass is 10.1. The van der Waals surface area contributed by atoms with Gasteiger partial charge < -0.3 is 0 Å². The summed E-state index contributed by atoms with van der Waals surface area (Å²) < 4.78 is 37.1. The number of hydrogen-bond acceptors (Lipinski definition) is 2. The van der Waals surface area contributed by atoms with Gasteiger partial charge in [0.25, 0.3) is 0 Å². The Morgan fingerprint density at radius 3 is 2.33 bits per heavy atom. The van der Waals surface area contributed by atoms with E-state index in [1.54, 1.807) is 11.2 Å². The molecule has 0 aliphatic carbocycles. The number of alkyl halides is 3. The maximum Gasteiger partial charge on any atom is 0.416 e. The molecule has 1 rings (SSSR count). The summed E-state index contributed by atoms with van der Waals surface area (Å²) in [4.78, 5) is 0. The van der Waals surface area contributed by atoms with E-state index in [1.165, 1.54) is 18.3 Å². The summed E-state index contributed by atoms with van der Waals surface area (Å²) in [5.74, 6) is 0. The van der Waals surface area contributed by atoms with Gasteiger partial charge in [0.2, 0.25) is 0 Å². The Morgan fingerprint density at radius 1 is 1.28 bits per heavy atom. The van der Waals surface area contributed by atoms with Gasteiger partial charge in [-0.25, -0.2) is 0 Å². The minimum Gasteiger partial charge on any atom is -0.269 e. The Balaban J connectivity index is 2.74. The van der Waals surface area contributed by atoms with E-state index >= 15 is 0 Å². The highest BCUT2D eigenvalue weighted by atomic mass is 19.4. The molecular formula is C13H15F3N2. The Hall–Kier alpha value is -1.78. The molecule has 0 aliphatic rings. The molecule has 0 unspecified atom stereocenters. The van der Waals surface area contributed by atoms with E-state index in [0.717, 1.165) is 24.1 Å². The van der Waals surface area contributed by atoms with Crippen LogP contribution in [0.25, 0.3) is 0 Å². The van der Waals surface area contributed by atoms with Gasteiger partial charge in [-0.1, -0.05) is 25.6 Å². The molecule has 0 bridgehead atoms. The summed E-state index contributed by atoms with van der Waals surface area (Å²) in [6.45, 7) is 5.95. The maximum atomic E-state index is 12.4. The molecule has 0 heterocycles. The van der Waals surface area contributed by atoms with Crippen molar-refractivity contribution in [1.29, 1.82) is 0 Å². The van der Waals surface area contributed by atoms with Crippen molar-refractivity contribution in [3.8, 4) is 0 Å². The fraction of sp³-hybridized carbons (Fsp3) is 0.308. The third kappa shape index (κ3) is 4.24. The van der Waals surface area contributed by atoms with E-state index in [4.69, 9.17) is 0 Å². The first-order chi connectivity index (χ1) is 8.47. The molecule has 0 N–H and O–H groups in total. The van der Waals surface area contributed by atoms with Crippen molar-refractivity contribution in [3.63, 3.8) is 0 Å². The third-order valence-electron chi connectivity index (χ3n) is 2.25. The first-order valence-corrected chi connectivity index (χ1v) is 5.55. The van der Waals surface area contributed by atoms with Gasteiger partial charge in [-0.3, -0.25) is 5.01 Å². The van der Waals surface area contributed by atoms with Crippen LogP contribution in [0.1, 0.15) is 24.5 Å². The molecular weight excluding hydrogens is 241 g/mol. The maximum absolute atomic E-state index is 12.4. The van der Waals surface area contributed by atoms with Gasteiger partial charge in [0.15, 0.2) is 0 Å². The van der Waals surface area contributed by atoms with Gasteiger partial charge in [0, 0.05) is 12.4 Å². The Bertz CT molecular complexity index is 407. The third-order valence-corrected chi connectivity index (χ3v) is 2.25. The summed E-state index contributed by atoms with van der Waals surface area (Å²) in [7, 11) is 0. The number of rotatable bonds is 5. The Labute approximate surface area is 104 Å². The molecule has 18 heavy (non-hydrogen) atoms. The Kier molecular flexibility index (Phi) is 4.95. The van der Waals surface area contributed by atoms with E-state index in [1.807, 2.05) is 6.92 Å². The highest BCUT2D eigenvalue weighted by Crippen LogP contribution is 2.29. The van der Waals surface area contributed by atoms with Crippen molar-refractivity contribution >= 4 is 6.21 Å². The molecule has 0 aliphatic heterocycles. The molecule has 0 saturated heterocycles. The fourth-order valence-corrected chi connectivity index (χ4v) is 1.33. The van der Waals surface area contributed by atoms with Crippen LogP contribution in [0, 0.1) is 0 Å². The van der Waals surface area contributed by atoms with Gasteiger partial charge in [-0.05, 0) is 24.1 Å².